The number of hydrogen-bond donors (Lipinski definition) is 1. The standard InChI is InChI=1S/C15H12F2N2O/c16-12-7-13(17)9-14(8-12)19-5-6-20-15-3-1-11(10-18)2-4-15/h1-4,7-9,19H,5-6H2. The number of hydrogen-bond acceptors (Lipinski definition) is 3. The third-order valence-corrected chi connectivity index (χ3v) is 2.55. The predicted molar refractivity (Wildman–Crippen MR) is 71.5 cm³/mol. The van der Waals surface area contributed by atoms with Crippen molar-refractivity contribution < 1.29 is 13.5 Å². The fraction of sp³-hybridized carbons (Fsp3) is 0.133. The van der Waals surface area contributed by atoms with Crippen LogP contribution in [0, 0.1) is 23.0 Å². The Kier molecular flexibility index (Phi) is 4.51. The van der Waals surface area contributed by atoms with Gasteiger partial charge in [-0.15, -0.1) is 0 Å². The van der Waals surface area contributed by atoms with Crippen LogP contribution < -0.4 is 10.1 Å². The molecule has 102 valence electrons. The van der Waals surface area contributed by atoms with Gasteiger partial charge in [0.1, 0.15) is 24.0 Å². The van der Waals surface area contributed by atoms with Crippen LogP contribution in [0.4, 0.5) is 14.5 Å². The molecule has 20 heavy (non-hydrogen) atoms. The Bertz CT molecular complexity index is 601. The van der Waals surface area contributed by atoms with Crippen molar-refractivity contribution in [2.75, 3.05) is 18.5 Å². The second kappa shape index (κ2) is 6.53. The van der Waals surface area contributed by atoms with Crippen molar-refractivity contribution in [3.8, 4) is 11.8 Å². The van der Waals surface area contributed by atoms with E-state index in [1.54, 1.807) is 24.3 Å². The van der Waals surface area contributed by atoms with Crippen molar-refractivity contribution in [3.05, 3.63) is 59.7 Å². The van der Waals surface area contributed by atoms with Crippen LogP contribution in [0.5, 0.6) is 5.75 Å². The summed E-state index contributed by atoms with van der Waals surface area (Å²) < 4.78 is 31.3. The van der Waals surface area contributed by atoms with Crippen LogP contribution in [0.1, 0.15) is 5.56 Å². The molecule has 0 aliphatic carbocycles. The minimum absolute atomic E-state index is 0.337. The molecular weight excluding hydrogens is 262 g/mol. The third kappa shape index (κ3) is 3.95. The molecule has 0 atom stereocenters. The molecule has 0 unspecified atom stereocenters. The van der Waals surface area contributed by atoms with Gasteiger partial charge in [-0.05, 0) is 36.4 Å². The highest BCUT2D eigenvalue weighted by Crippen LogP contribution is 2.13. The average molecular weight is 274 g/mol. The first-order valence-corrected chi connectivity index (χ1v) is 6.00. The molecule has 3 nitrogen and oxygen atoms in total. The minimum atomic E-state index is -0.625. The maximum absolute atomic E-state index is 12.9. The quantitative estimate of drug-likeness (QED) is 0.851. The van der Waals surface area contributed by atoms with E-state index in [0.717, 1.165) is 6.07 Å². The number of nitrogens with zero attached hydrogens (tertiary/aromatic N) is 1. The zero-order chi connectivity index (χ0) is 14.4. The summed E-state index contributed by atoms with van der Waals surface area (Å²) in [6.45, 7) is 0.743. The normalized spacial score (nSPS) is 9.85. The van der Waals surface area contributed by atoms with E-state index in [2.05, 4.69) is 5.32 Å². The highest BCUT2D eigenvalue weighted by atomic mass is 19.1. The van der Waals surface area contributed by atoms with E-state index in [0.29, 0.717) is 30.2 Å². The molecule has 2 aromatic rings. The van der Waals surface area contributed by atoms with Gasteiger partial charge in [0.15, 0.2) is 0 Å². The first-order chi connectivity index (χ1) is 9.67. The lowest BCUT2D eigenvalue weighted by molar-refractivity contribution is 0.333. The molecule has 2 aromatic carbocycles. The Balaban J connectivity index is 1.79. The van der Waals surface area contributed by atoms with E-state index in [9.17, 15) is 8.78 Å². The molecule has 0 saturated carbocycles. The monoisotopic (exact) mass is 274 g/mol. The van der Waals surface area contributed by atoms with Crippen molar-refractivity contribution in [2.45, 2.75) is 0 Å². The second-order valence-corrected chi connectivity index (χ2v) is 4.07. The second-order valence-electron chi connectivity index (χ2n) is 4.07. The van der Waals surface area contributed by atoms with E-state index in [-0.39, 0.29) is 0 Å². The van der Waals surface area contributed by atoms with Crippen LogP contribution in [0.15, 0.2) is 42.5 Å². The van der Waals surface area contributed by atoms with E-state index in [1.807, 2.05) is 6.07 Å². The van der Waals surface area contributed by atoms with Gasteiger partial charge in [-0.1, -0.05) is 0 Å². The third-order valence-electron chi connectivity index (χ3n) is 2.55. The largest absolute Gasteiger partial charge is 0.492 e. The number of anilines is 1. The SMILES string of the molecule is N#Cc1ccc(OCCNc2cc(F)cc(F)c2)cc1. The smallest absolute Gasteiger partial charge is 0.128 e. The maximum Gasteiger partial charge on any atom is 0.128 e. The number of benzene rings is 2. The van der Waals surface area contributed by atoms with Gasteiger partial charge in [0.2, 0.25) is 0 Å². The maximum atomic E-state index is 12.9. The molecule has 0 spiro atoms. The molecule has 2 rings (SSSR count). The van der Waals surface area contributed by atoms with E-state index < -0.39 is 11.6 Å². The van der Waals surface area contributed by atoms with Crippen LogP contribution in [0.2, 0.25) is 0 Å². The Morgan fingerprint density at radius 3 is 2.30 bits per heavy atom. The number of nitrogens with one attached hydrogen (secondary N) is 1. The molecular formula is C15H12F2N2O. The number of ether oxygens (including phenoxy) is 1. The van der Waals surface area contributed by atoms with E-state index >= 15 is 0 Å². The Morgan fingerprint density at radius 2 is 1.70 bits per heavy atom. The summed E-state index contributed by atoms with van der Waals surface area (Å²) in [6, 6.07) is 12.0. The first-order valence-electron chi connectivity index (χ1n) is 6.00. The van der Waals surface area contributed by atoms with Crippen molar-refractivity contribution in [2.24, 2.45) is 0 Å². The predicted octanol–water partition coefficient (Wildman–Crippen LogP) is 3.33. The topological polar surface area (TPSA) is 45.0 Å². The zero-order valence-corrected chi connectivity index (χ0v) is 10.6. The lowest BCUT2D eigenvalue weighted by Gasteiger charge is -2.09. The lowest BCUT2D eigenvalue weighted by Crippen LogP contribution is -2.11. The summed E-state index contributed by atoms with van der Waals surface area (Å²) >= 11 is 0. The minimum Gasteiger partial charge on any atom is -0.492 e. The van der Waals surface area contributed by atoms with Crippen molar-refractivity contribution in [1.82, 2.24) is 0 Å². The molecule has 5 heteroatoms. The Hall–Kier alpha value is -2.61. The molecule has 0 bridgehead atoms. The molecule has 0 amide bonds. The lowest BCUT2D eigenvalue weighted by atomic mass is 10.2. The van der Waals surface area contributed by atoms with Gasteiger partial charge in [-0.2, -0.15) is 5.26 Å². The van der Waals surface area contributed by atoms with Crippen molar-refractivity contribution >= 4 is 5.69 Å². The summed E-state index contributed by atoms with van der Waals surface area (Å²) in [7, 11) is 0. The van der Waals surface area contributed by atoms with Crippen molar-refractivity contribution in [1.29, 1.82) is 5.26 Å². The average Bonchev–Trinajstić information content (AvgIpc) is 2.43. The molecule has 0 aromatic heterocycles. The molecule has 0 aliphatic heterocycles. The van der Waals surface area contributed by atoms with Crippen LogP contribution in [-0.2, 0) is 0 Å². The van der Waals surface area contributed by atoms with Crippen molar-refractivity contribution in [3.63, 3.8) is 0 Å². The van der Waals surface area contributed by atoms with Gasteiger partial charge >= 0.3 is 0 Å². The van der Waals surface area contributed by atoms with Crippen LogP contribution in [-0.4, -0.2) is 13.2 Å². The molecule has 1 N–H and O–H groups in total. The summed E-state index contributed by atoms with van der Waals surface area (Å²) in [5.74, 6) is -0.614. The Morgan fingerprint density at radius 1 is 1.05 bits per heavy atom. The summed E-state index contributed by atoms with van der Waals surface area (Å²) in [6.07, 6.45) is 0. The first kappa shape index (κ1) is 13.8. The summed E-state index contributed by atoms with van der Waals surface area (Å²) in [5.41, 5.74) is 0.927. The highest BCUT2D eigenvalue weighted by molar-refractivity contribution is 5.43. The fourth-order valence-electron chi connectivity index (χ4n) is 1.65. The summed E-state index contributed by atoms with van der Waals surface area (Å²) in [5, 5.41) is 11.5. The summed E-state index contributed by atoms with van der Waals surface area (Å²) in [4.78, 5) is 0. The molecule has 0 heterocycles. The van der Waals surface area contributed by atoms with E-state index in [1.165, 1.54) is 12.1 Å². The van der Waals surface area contributed by atoms with Gasteiger partial charge in [0.25, 0.3) is 0 Å². The molecule has 0 saturated heterocycles. The van der Waals surface area contributed by atoms with Crippen LogP contribution in [0.25, 0.3) is 0 Å². The molecule has 0 aliphatic rings. The number of nitriles is 1. The Labute approximate surface area is 115 Å². The van der Waals surface area contributed by atoms with Gasteiger partial charge < -0.3 is 10.1 Å². The van der Waals surface area contributed by atoms with Gasteiger partial charge in [-0.3, -0.25) is 0 Å². The van der Waals surface area contributed by atoms with Gasteiger partial charge in [-0.25, -0.2) is 8.78 Å². The molecule has 0 radical (unpaired) electrons. The van der Waals surface area contributed by atoms with Crippen LogP contribution >= 0.6 is 0 Å². The number of rotatable bonds is 5. The number of halogens is 2. The molecule has 0 fully saturated rings. The highest BCUT2D eigenvalue weighted by Gasteiger charge is 2.00. The van der Waals surface area contributed by atoms with Crippen LogP contribution in [0.3, 0.4) is 0 Å². The van der Waals surface area contributed by atoms with Gasteiger partial charge in [0, 0.05) is 18.3 Å². The fourth-order valence-corrected chi connectivity index (χ4v) is 1.65. The van der Waals surface area contributed by atoms with Gasteiger partial charge in [0.05, 0.1) is 11.6 Å². The zero-order valence-electron chi connectivity index (χ0n) is 10.6. The van der Waals surface area contributed by atoms with E-state index in [4.69, 9.17) is 10.00 Å².